The topological polar surface area (TPSA) is 54.4 Å². The molecule has 4 heteroatoms. The Balaban J connectivity index is 0. The first-order valence-electron chi connectivity index (χ1n) is 1.06. The van der Waals surface area contributed by atoms with Gasteiger partial charge < -0.3 is 5.11 Å². The van der Waals surface area contributed by atoms with Gasteiger partial charge in [0.05, 0.1) is 0 Å². The van der Waals surface area contributed by atoms with Gasteiger partial charge in [0, 0.05) is 6.92 Å². The average Bonchev–Trinajstić information content (AvgIpc) is 1.41. The van der Waals surface area contributed by atoms with Crippen LogP contribution >= 0.6 is 0 Å². The van der Waals surface area contributed by atoms with Crippen molar-refractivity contribution in [1.82, 2.24) is 0 Å². The van der Waals surface area contributed by atoms with E-state index in [1.54, 1.807) is 0 Å². The third-order valence-electron chi connectivity index (χ3n) is 0. The van der Waals surface area contributed by atoms with Crippen LogP contribution in [-0.2, 0) is 28.0 Å². The van der Waals surface area contributed by atoms with Crippen molar-refractivity contribution in [1.29, 1.82) is 0 Å². The first-order chi connectivity index (χ1) is 2.73. The van der Waals surface area contributed by atoms with Crippen LogP contribution in [0.4, 0.5) is 0 Å². The number of hydrogen-bond acceptors (Lipinski definition) is 2. The Bertz CT molecular complexity index is 40.1. The molecule has 0 aromatic rings. The maximum atomic E-state index is 9.00. The predicted octanol–water partition coefficient (Wildman–Crippen LogP) is -0.0304. The van der Waals surface area contributed by atoms with Crippen molar-refractivity contribution in [3.63, 3.8) is 0 Å². The molecule has 0 aromatic carbocycles. The molecule has 0 aliphatic heterocycles. The van der Waals surface area contributed by atoms with Gasteiger partial charge in [-0.1, -0.05) is 0 Å². The van der Waals surface area contributed by atoms with Crippen LogP contribution in [0.3, 0.4) is 0 Å². The summed E-state index contributed by atoms with van der Waals surface area (Å²) in [6, 6.07) is 0. The van der Waals surface area contributed by atoms with Crippen molar-refractivity contribution >= 4 is 5.97 Å². The maximum absolute atomic E-state index is 9.00. The first kappa shape index (κ1) is 9.35. The van der Waals surface area contributed by atoms with E-state index in [2.05, 4.69) is 0 Å². The molecular weight excluding hydrogens is 267 g/mol. The molecule has 0 saturated heterocycles. The third kappa shape index (κ3) is 19900. The molecule has 1 N–H and O–H groups in total. The quantitative estimate of drug-likeness (QED) is 0.673. The van der Waals surface area contributed by atoms with Crippen molar-refractivity contribution < 1.29 is 33.1 Å². The van der Waals surface area contributed by atoms with E-state index in [0.29, 0.717) is 0 Å². The van der Waals surface area contributed by atoms with Crippen molar-refractivity contribution in [3.05, 3.63) is 0 Å². The van der Waals surface area contributed by atoms with Crippen molar-refractivity contribution in [2.75, 3.05) is 0 Å². The Kier molecular flexibility index (Phi) is 13.8. The second-order valence-corrected chi connectivity index (χ2v) is 0.519. The number of carboxylic acid groups (broad SMARTS) is 1. The molecule has 0 unspecified atom stereocenters. The van der Waals surface area contributed by atoms with Crippen LogP contribution in [0.5, 0.6) is 0 Å². The van der Waals surface area contributed by atoms with Crippen LogP contribution < -0.4 is 0 Å². The fourth-order valence-electron chi connectivity index (χ4n) is 0. The van der Waals surface area contributed by atoms with Gasteiger partial charge in [0.2, 0.25) is 0 Å². The van der Waals surface area contributed by atoms with Crippen LogP contribution in [-0.4, -0.2) is 11.1 Å². The normalized spacial score (nSPS) is 5.17. The van der Waals surface area contributed by atoms with E-state index in [1.165, 1.54) is 0 Å². The van der Waals surface area contributed by atoms with Crippen LogP contribution in [0.2, 0.25) is 0 Å². The summed E-state index contributed by atoms with van der Waals surface area (Å²) >= 11 is 0.889. The number of rotatable bonds is 0. The molecular formula is C2H4O3Pt. The Morgan fingerprint density at radius 3 is 1.67 bits per heavy atom. The van der Waals surface area contributed by atoms with E-state index in [0.717, 1.165) is 26.7 Å². The second-order valence-electron chi connectivity index (χ2n) is 0.519. The van der Waals surface area contributed by atoms with E-state index in [1.807, 2.05) is 0 Å². The Morgan fingerprint density at radius 1 is 1.67 bits per heavy atom. The van der Waals surface area contributed by atoms with Crippen LogP contribution in [0.1, 0.15) is 6.92 Å². The van der Waals surface area contributed by atoms with Gasteiger partial charge >= 0.3 is 23.2 Å². The summed E-state index contributed by atoms with van der Waals surface area (Å²) in [4.78, 5) is 9.00. The molecule has 0 fully saturated rings. The van der Waals surface area contributed by atoms with E-state index in [-0.39, 0.29) is 0 Å². The second kappa shape index (κ2) is 8.88. The molecule has 0 aliphatic rings. The standard InChI is InChI=1S/C2H4O2.O.Pt/c1-2(3)4;;/h1H3,(H,3,4);;. The molecule has 3 nitrogen and oxygen atoms in total. The Morgan fingerprint density at radius 2 is 1.67 bits per heavy atom. The molecule has 0 amide bonds. The van der Waals surface area contributed by atoms with Gasteiger partial charge in [0.15, 0.2) is 0 Å². The van der Waals surface area contributed by atoms with Crippen molar-refractivity contribution in [2.24, 2.45) is 0 Å². The molecule has 0 aliphatic carbocycles. The zero-order valence-electron chi connectivity index (χ0n) is 3.08. The molecule has 6 heavy (non-hydrogen) atoms. The molecule has 0 saturated carbocycles. The summed E-state index contributed by atoms with van der Waals surface area (Å²) in [5.74, 6) is -0.833. The fraction of sp³-hybridized carbons (Fsp3) is 0.500. The van der Waals surface area contributed by atoms with Gasteiger partial charge in [-0.2, -0.15) is 0 Å². The van der Waals surface area contributed by atoms with E-state index in [9.17, 15) is 0 Å². The summed E-state index contributed by atoms with van der Waals surface area (Å²) in [6.45, 7) is 1.08. The molecule has 0 radical (unpaired) electrons. The van der Waals surface area contributed by atoms with Crippen LogP contribution in [0.15, 0.2) is 0 Å². The molecule has 0 aromatic heterocycles. The minimum absolute atomic E-state index is 0.833. The predicted molar refractivity (Wildman–Crippen MR) is 14.0 cm³/mol. The van der Waals surface area contributed by atoms with E-state index < -0.39 is 5.97 Å². The Hall–Kier alpha value is -0.0417. The Labute approximate surface area is 46.6 Å². The average molecular weight is 271 g/mol. The number of carboxylic acids is 1. The van der Waals surface area contributed by atoms with E-state index in [4.69, 9.17) is 13.3 Å². The molecule has 0 heterocycles. The van der Waals surface area contributed by atoms with E-state index >= 15 is 0 Å². The van der Waals surface area contributed by atoms with Gasteiger partial charge in [-0.05, 0) is 0 Å². The third-order valence-corrected chi connectivity index (χ3v) is 0. The van der Waals surface area contributed by atoms with Gasteiger partial charge in [0.1, 0.15) is 0 Å². The minimum atomic E-state index is -0.833. The summed E-state index contributed by atoms with van der Waals surface area (Å²) in [6.07, 6.45) is 0. The number of hydrogen-bond donors (Lipinski definition) is 1. The molecule has 0 atom stereocenters. The molecule has 0 spiro atoms. The van der Waals surface area contributed by atoms with Gasteiger partial charge in [0.25, 0.3) is 5.97 Å². The van der Waals surface area contributed by atoms with Gasteiger partial charge in [-0.15, -0.1) is 0 Å². The van der Waals surface area contributed by atoms with Gasteiger partial charge in [-0.3, -0.25) is 4.79 Å². The summed E-state index contributed by atoms with van der Waals surface area (Å²) in [7, 11) is 0. The van der Waals surface area contributed by atoms with Crippen LogP contribution in [0.25, 0.3) is 0 Å². The zero-order chi connectivity index (χ0) is 5.58. The summed E-state index contributed by atoms with van der Waals surface area (Å²) in [5.41, 5.74) is 0. The molecule has 0 bridgehead atoms. The first-order valence-corrected chi connectivity index (χ1v) is 1.98. The summed E-state index contributed by atoms with van der Waals surface area (Å²) in [5, 5.41) is 7.42. The fourth-order valence-corrected chi connectivity index (χ4v) is 0. The molecule has 0 rings (SSSR count). The number of carbonyl (C=O) groups is 1. The van der Waals surface area contributed by atoms with Crippen molar-refractivity contribution in [3.8, 4) is 0 Å². The van der Waals surface area contributed by atoms with Gasteiger partial charge in [-0.25, -0.2) is 0 Å². The zero-order valence-corrected chi connectivity index (χ0v) is 5.35. The monoisotopic (exact) mass is 271 g/mol. The van der Waals surface area contributed by atoms with Crippen molar-refractivity contribution in [2.45, 2.75) is 6.92 Å². The summed E-state index contributed by atoms with van der Waals surface area (Å²) < 4.78 is 8.22. The molecule has 40 valence electrons. The van der Waals surface area contributed by atoms with Crippen LogP contribution in [0, 0.1) is 0 Å². The number of aliphatic carboxylic acids is 1. The SMILES string of the molecule is CC(=O)O.[O]=[Pt].